The van der Waals surface area contributed by atoms with Gasteiger partial charge < -0.3 is 4.18 Å². The van der Waals surface area contributed by atoms with Gasteiger partial charge in [-0.3, -0.25) is 4.79 Å². The minimum Gasteiger partial charge on any atom is -0.375 e. The van der Waals surface area contributed by atoms with Gasteiger partial charge in [0.15, 0.2) is 11.5 Å². The second-order valence-electron chi connectivity index (χ2n) is 4.92. The lowest BCUT2D eigenvalue weighted by Crippen LogP contribution is -2.28. The van der Waals surface area contributed by atoms with Gasteiger partial charge in [-0.2, -0.15) is 21.6 Å². The van der Waals surface area contributed by atoms with Crippen LogP contribution >= 0.6 is 11.6 Å². The van der Waals surface area contributed by atoms with Crippen LogP contribution in [0.4, 0.5) is 17.6 Å². The molecule has 0 fully saturated rings. The molecule has 0 N–H and O–H groups in total. The Labute approximate surface area is 139 Å². The molecule has 0 amide bonds. The number of carbonyl (C=O) groups is 1. The molecule has 2 aromatic carbocycles. The van der Waals surface area contributed by atoms with Crippen molar-refractivity contribution in [1.29, 1.82) is 0 Å². The molecule has 24 heavy (non-hydrogen) atoms. The summed E-state index contributed by atoms with van der Waals surface area (Å²) >= 11 is 5.62. The van der Waals surface area contributed by atoms with Gasteiger partial charge in [0.05, 0.1) is 10.6 Å². The molecule has 0 heterocycles. The van der Waals surface area contributed by atoms with Crippen molar-refractivity contribution in [1.82, 2.24) is 0 Å². The largest absolute Gasteiger partial charge is 0.534 e. The Kier molecular flexibility index (Phi) is 4.53. The Morgan fingerprint density at radius 1 is 1.21 bits per heavy atom. The number of ketones is 1. The van der Waals surface area contributed by atoms with Gasteiger partial charge in [0.2, 0.25) is 0 Å². The summed E-state index contributed by atoms with van der Waals surface area (Å²) in [7, 11) is -6.05. The topological polar surface area (TPSA) is 60.4 Å². The number of hydrogen-bond donors (Lipinski definition) is 0. The zero-order valence-corrected chi connectivity index (χ0v) is 13.7. The molecule has 2 rings (SSSR count). The summed E-state index contributed by atoms with van der Waals surface area (Å²) in [5.41, 5.74) is -5.94. The van der Waals surface area contributed by atoms with Crippen molar-refractivity contribution in [3.63, 3.8) is 0 Å². The van der Waals surface area contributed by atoms with E-state index >= 15 is 0 Å². The number of halogens is 5. The molecular formula is C14H9ClF4O4S. The summed E-state index contributed by atoms with van der Waals surface area (Å²) < 4.78 is 78.3. The van der Waals surface area contributed by atoms with Crippen LogP contribution in [0.2, 0.25) is 5.02 Å². The van der Waals surface area contributed by atoms with Crippen LogP contribution in [0, 0.1) is 12.7 Å². The third-order valence-electron chi connectivity index (χ3n) is 3.16. The first-order valence-electron chi connectivity index (χ1n) is 6.29. The molecule has 0 saturated heterocycles. The molecule has 0 aliphatic heterocycles. The highest BCUT2D eigenvalue weighted by Gasteiger charge is 2.49. The molecule has 2 aromatic rings. The summed E-state index contributed by atoms with van der Waals surface area (Å²) in [6, 6.07) is 3.17. The molecular weight excluding hydrogens is 376 g/mol. The number of rotatable bonds is 3. The molecule has 0 aliphatic carbocycles. The van der Waals surface area contributed by atoms with Gasteiger partial charge in [0.25, 0.3) is 0 Å². The van der Waals surface area contributed by atoms with Crippen molar-refractivity contribution in [3.8, 4) is 5.75 Å². The first-order chi connectivity index (χ1) is 10.8. The van der Waals surface area contributed by atoms with E-state index in [0.29, 0.717) is 6.07 Å². The van der Waals surface area contributed by atoms with Gasteiger partial charge in [0.1, 0.15) is 5.82 Å². The van der Waals surface area contributed by atoms with Gasteiger partial charge >= 0.3 is 15.6 Å². The predicted octanol–water partition coefficient (Wildman–Crippen LogP) is 4.37. The Hall–Kier alpha value is -1.87. The average Bonchev–Trinajstić information content (AvgIpc) is 2.39. The highest BCUT2D eigenvalue weighted by molar-refractivity contribution is 7.88. The fraction of sp³-hybridized carbons (Fsp3) is 0.214. The van der Waals surface area contributed by atoms with Crippen LogP contribution in [-0.2, 0) is 10.1 Å². The van der Waals surface area contributed by atoms with Crippen LogP contribution in [-0.4, -0.2) is 19.7 Å². The van der Waals surface area contributed by atoms with E-state index in [1.807, 2.05) is 0 Å². The van der Waals surface area contributed by atoms with Crippen molar-refractivity contribution in [2.24, 2.45) is 0 Å². The third-order valence-corrected chi connectivity index (χ3v) is 4.40. The first kappa shape index (κ1) is 18.5. The normalized spacial score (nSPS) is 12.5. The highest BCUT2D eigenvalue weighted by atomic mass is 35.5. The fourth-order valence-corrected chi connectivity index (χ4v) is 2.84. The lowest BCUT2D eigenvalue weighted by atomic mass is 9.98. The predicted molar refractivity (Wildman–Crippen MR) is 79.3 cm³/mol. The number of benzene rings is 2. The molecule has 130 valence electrons. The van der Waals surface area contributed by atoms with Gasteiger partial charge in [-0.05, 0) is 36.9 Å². The minimum atomic E-state index is -6.05. The van der Waals surface area contributed by atoms with Crippen LogP contribution < -0.4 is 4.18 Å². The molecule has 0 aliphatic rings. The van der Waals surface area contributed by atoms with Crippen LogP contribution in [0.5, 0.6) is 5.75 Å². The number of alkyl halides is 3. The molecule has 0 atom stereocenters. The molecule has 0 radical (unpaired) electrons. The number of fused-ring (bicyclic) bond motifs is 1. The number of carbonyl (C=O) groups excluding carboxylic acids is 1. The van der Waals surface area contributed by atoms with Gasteiger partial charge in [0, 0.05) is 5.39 Å². The van der Waals surface area contributed by atoms with Crippen molar-refractivity contribution < 1.29 is 35.0 Å². The SMILES string of the molecule is CC(=O)c1c(C)cc2cc(Cl)c(F)cc2c1OS(=O)(=O)C(F)(F)F. The molecule has 0 unspecified atom stereocenters. The molecule has 0 aromatic heterocycles. The number of Topliss-reactive ketones (excluding diaryl/α,β-unsaturated/α-hetero) is 1. The summed E-state index contributed by atoms with van der Waals surface area (Å²) in [4.78, 5) is 11.7. The zero-order valence-electron chi connectivity index (χ0n) is 12.2. The summed E-state index contributed by atoms with van der Waals surface area (Å²) in [5.74, 6) is -2.63. The Morgan fingerprint density at radius 2 is 1.79 bits per heavy atom. The quantitative estimate of drug-likeness (QED) is 0.341. The van der Waals surface area contributed by atoms with Crippen LogP contribution in [0.3, 0.4) is 0 Å². The summed E-state index contributed by atoms with van der Waals surface area (Å²) in [5, 5.41) is -0.515. The summed E-state index contributed by atoms with van der Waals surface area (Å²) in [6.45, 7) is 2.40. The van der Waals surface area contributed by atoms with Crippen molar-refractivity contribution in [2.75, 3.05) is 0 Å². The molecule has 0 bridgehead atoms. The Balaban J connectivity index is 2.89. The zero-order chi connectivity index (χ0) is 18.4. The second-order valence-corrected chi connectivity index (χ2v) is 6.87. The van der Waals surface area contributed by atoms with E-state index < -0.39 is 38.5 Å². The third kappa shape index (κ3) is 3.18. The van der Waals surface area contributed by atoms with Gasteiger partial charge in [-0.25, -0.2) is 4.39 Å². The standard InChI is InChI=1S/C14H9ClF4O4S/c1-6-3-8-4-10(15)11(16)5-9(8)13(12(6)7(2)20)23-24(21,22)14(17,18)19/h3-5H,1-2H3. The number of hydrogen-bond acceptors (Lipinski definition) is 4. The lowest BCUT2D eigenvalue weighted by Gasteiger charge is -2.16. The van der Waals surface area contributed by atoms with Gasteiger partial charge in [-0.15, -0.1) is 0 Å². The Bertz CT molecular complexity index is 952. The molecule has 4 nitrogen and oxygen atoms in total. The maximum absolute atomic E-state index is 13.7. The molecule has 0 saturated carbocycles. The lowest BCUT2D eigenvalue weighted by molar-refractivity contribution is -0.0499. The van der Waals surface area contributed by atoms with E-state index in [9.17, 15) is 30.8 Å². The van der Waals surface area contributed by atoms with E-state index in [1.165, 1.54) is 13.0 Å². The maximum atomic E-state index is 13.7. The van der Waals surface area contributed by atoms with E-state index in [2.05, 4.69) is 4.18 Å². The van der Waals surface area contributed by atoms with Crippen LogP contribution in [0.25, 0.3) is 10.8 Å². The summed E-state index contributed by atoms with van der Waals surface area (Å²) in [6.07, 6.45) is 0. The van der Waals surface area contributed by atoms with Crippen molar-refractivity contribution in [2.45, 2.75) is 19.4 Å². The van der Waals surface area contributed by atoms with Crippen molar-refractivity contribution >= 4 is 38.3 Å². The van der Waals surface area contributed by atoms with Crippen LogP contribution in [0.1, 0.15) is 22.8 Å². The van der Waals surface area contributed by atoms with Crippen LogP contribution in [0.15, 0.2) is 18.2 Å². The second kappa shape index (κ2) is 5.89. The first-order valence-corrected chi connectivity index (χ1v) is 8.08. The Morgan fingerprint density at radius 3 is 2.29 bits per heavy atom. The molecule has 0 spiro atoms. The smallest absolute Gasteiger partial charge is 0.375 e. The number of aryl methyl sites for hydroxylation is 1. The van der Waals surface area contributed by atoms with E-state index in [4.69, 9.17) is 11.6 Å². The van der Waals surface area contributed by atoms with E-state index in [0.717, 1.165) is 13.0 Å². The molecule has 10 heteroatoms. The van der Waals surface area contributed by atoms with E-state index in [-0.39, 0.29) is 21.4 Å². The minimum absolute atomic E-state index is 0.122. The maximum Gasteiger partial charge on any atom is 0.534 e. The van der Waals surface area contributed by atoms with Gasteiger partial charge in [-0.1, -0.05) is 17.7 Å². The fourth-order valence-electron chi connectivity index (χ4n) is 2.18. The van der Waals surface area contributed by atoms with Crippen molar-refractivity contribution in [3.05, 3.63) is 40.2 Å². The monoisotopic (exact) mass is 384 g/mol. The average molecular weight is 385 g/mol. The van der Waals surface area contributed by atoms with E-state index in [1.54, 1.807) is 0 Å². The highest BCUT2D eigenvalue weighted by Crippen LogP contribution is 2.38.